The molecule has 9 heteroatoms. The van der Waals surface area contributed by atoms with Crippen molar-refractivity contribution in [1.29, 1.82) is 0 Å². The average molecular weight is 438 g/mol. The number of piperidine rings is 1. The Morgan fingerprint density at radius 2 is 1.84 bits per heavy atom. The fraction of sp³-hybridized carbons (Fsp3) is 0.304. The summed E-state index contributed by atoms with van der Waals surface area (Å²) in [4.78, 5) is 40.6. The SMILES string of the molecule is CCN(C(=O)N1CCC(C(=O)c2ccc3[nH]nc(C(=O)O)c3c2)CC1)c1ccc(F)cc1. The number of hydrogen-bond acceptors (Lipinski definition) is 4. The van der Waals surface area contributed by atoms with E-state index in [1.807, 2.05) is 6.92 Å². The molecule has 1 saturated heterocycles. The van der Waals surface area contributed by atoms with E-state index in [2.05, 4.69) is 10.2 Å². The van der Waals surface area contributed by atoms with Crippen LogP contribution < -0.4 is 4.90 Å². The third kappa shape index (κ3) is 4.05. The molecule has 1 aliphatic heterocycles. The van der Waals surface area contributed by atoms with E-state index >= 15 is 0 Å². The highest BCUT2D eigenvalue weighted by atomic mass is 19.1. The van der Waals surface area contributed by atoms with E-state index in [0.717, 1.165) is 0 Å². The van der Waals surface area contributed by atoms with Gasteiger partial charge >= 0.3 is 12.0 Å². The Bertz CT molecular complexity index is 1170. The zero-order valence-electron chi connectivity index (χ0n) is 17.5. The smallest absolute Gasteiger partial charge is 0.357 e. The molecule has 0 bridgehead atoms. The van der Waals surface area contributed by atoms with Gasteiger partial charge in [0.15, 0.2) is 11.5 Å². The highest BCUT2D eigenvalue weighted by Crippen LogP contribution is 2.26. The Labute approximate surface area is 183 Å². The van der Waals surface area contributed by atoms with Crippen LogP contribution in [0.3, 0.4) is 0 Å². The van der Waals surface area contributed by atoms with Gasteiger partial charge in [-0.2, -0.15) is 5.10 Å². The van der Waals surface area contributed by atoms with Gasteiger partial charge in [0.25, 0.3) is 0 Å². The summed E-state index contributed by atoms with van der Waals surface area (Å²) in [6.45, 7) is 3.16. The van der Waals surface area contributed by atoms with Crippen LogP contribution in [-0.4, -0.2) is 57.6 Å². The quantitative estimate of drug-likeness (QED) is 0.587. The lowest BCUT2D eigenvalue weighted by Crippen LogP contribution is -2.47. The molecule has 2 heterocycles. The van der Waals surface area contributed by atoms with E-state index in [4.69, 9.17) is 0 Å². The number of H-pyrrole nitrogens is 1. The Morgan fingerprint density at radius 3 is 2.47 bits per heavy atom. The number of fused-ring (bicyclic) bond motifs is 1. The van der Waals surface area contributed by atoms with Crippen molar-refractivity contribution in [2.75, 3.05) is 24.5 Å². The lowest BCUT2D eigenvalue weighted by atomic mass is 9.88. The summed E-state index contributed by atoms with van der Waals surface area (Å²) < 4.78 is 13.2. The number of ketones is 1. The van der Waals surface area contributed by atoms with Crippen molar-refractivity contribution >= 4 is 34.4 Å². The summed E-state index contributed by atoms with van der Waals surface area (Å²) in [5.41, 5.74) is 1.50. The van der Waals surface area contributed by atoms with Crippen molar-refractivity contribution in [2.24, 2.45) is 5.92 Å². The van der Waals surface area contributed by atoms with Crippen molar-refractivity contribution in [2.45, 2.75) is 19.8 Å². The standard InChI is InChI=1S/C23H23FN4O4/c1-2-28(17-6-4-16(24)5-7-17)23(32)27-11-9-14(10-12-27)21(29)15-3-8-19-18(13-15)20(22(30)31)26-25-19/h3-8,13-14H,2,9-12H2,1H3,(H,25,26)(H,30,31). The number of nitrogens with one attached hydrogen (secondary N) is 1. The van der Waals surface area contributed by atoms with E-state index in [-0.39, 0.29) is 29.2 Å². The average Bonchev–Trinajstić information content (AvgIpc) is 3.24. The number of aromatic nitrogens is 2. The number of anilines is 1. The number of carbonyl (C=O) groups excluding carboxylic acids is 2. The van der Waals surface area contributed by atoms with Gasteiger partial charge in [0.2, 0.25) is 0 Å². The molecule has 1 aliphatic rings. The van der Waals surface area contributed by atoms with Crippen molar-refractivity contribution in [3.05, 3.63) is 59.5 Å². The lowest BCUT2D eigenvalue weighted by molar-refractivity contribution is 0.0692. The predicted molar refractivity (Wildman–Crippen MR) is 116 cm³/mol. The zero-order valence-corrected chi connectivity index (χ0v) is 17.5. The molecule has 0 atom stereocenters. The number of nitrogens with zero attached hydrogens (tertiary/aromatic N) is 3. The maximum absolute atomic E-state index is 13.2. The summed E-state index contributed by atoms with van der Waals surface area (Å²) in [5.74, 6) is -1.84. The van der Waals surface area contributed by atoms with Gasteiger partial charge in [-0.1, -0.05) is 0 Å². The number of halogens is 1. The number of urea groups is 1. The van der Waals surface area contributed by atoms with Gasteiger partial charge in [-0.3, -0.25) is 14.8 Å². The predicted octanol–water partition coefficient (Wildman–Crippen LogP) is 3.94. The molecule has 166 valence electrons. The van der Waals surface area contributed by atoms with Gasteiger partial charge in [-0.05, 0) is 62.2 Å². The van der Waals surface area contributed by atoms with Crippen LogP contribution in [0.1, 0.15) is 40.6 Å². The molecule has 0 unspecified atom stereocenters. The number of carboxylic acid groups (broad SMARTS) is 1. The highest BCUT2D eigenvalue weighted by Gasteiger charge is 2.30. The van der Waals surface area contributed by atoms with Gasteiger partial charge < -0.3 is 10.0 Å². The second-order valence-electron chi connectivity index (χ2n) is 7.77. The second kappa shape index (κ2) is 8.78. The van der Waals surface area contributed by atoms with Gasteiger partial charge in [0.1, 0.15) is 5.82 Å². The minimum absolute atomic E-state index is 0.0672. The molecule has 0 spiro atoms. The number of rotatable bonds is 5. The van der Waals surface area contributed by atoms with Gasteiger partial charge in [0, 0.05) is 42.2 Å². The molecule has 32 heavy (non-hydrogen) atoms. The summed E-state index contributed by atoms with van der Waals surface area (Å²) in [7, 11) is 0. The van der Waals surface area contributed by atoms with Crippen molar-refractivity contribution in [3.63, 3.8) is 0 Å². The minimum Gasteiger partial charge on any atom is -0.476 e. The number of aromatic carboxylic acids is 1. The van der Waals surface area contributed by atoms with E-state index < -0.39 is 5.97 Å². The van der Waals surface area contributed by atoms with E-state index in [1.54, 1.807) is 40.1 Å². The minimum atomic E-state index is -1.16. The Morgan fingerprint density at radius 1 is 1.16 bits per heavy atom. The summed E-state index contributed by atoms with van der Waals surface area (Å²) in [5, 5.41) is 16.1. The Balaban J connectivity index is 1.44. The van der Waals surface area contributed by atoms with Crippen LogP contribution in [0.25, 0.3) is 10.9 Å². The number of carboxylic acids is 1. The van der Waals surface area contributed by atoms with E-state index in [0.29, 0.717) is 54.6 Å². The van der Waals surface area contributed by atoms with E-state index in [1.165, 1.54) is 12.1 Å². The fourth-order valence-corrected chi connectivity index (χ4v) is 4.12. The summed E-state index contributed by atoms with van der Waals surface area (Å²) >= 11 is 0. The molecule has 8 nitrogen and oxygen atoms in total. The molecule has 0 aliphatic carbocycles. The maximum atomic E-state index is 13.2. The Kier molecular flexibility index (Phi) is 5.89. The van der Waals surface area contributed by atoms with Gasteiger partial charge in [-0.15, -0.1) is 0 Å². The highest BCUT2D eigenvalue weighted by molar-refractivity contribution is 6.06. The molecule has 3 aromatic rings. The molecule has 2 amide bonds. The first-order chi connectivity index (χ1) is 15.4. The first-order valence-electron chi connectivity index (χ1n) is 10.5. The molecule has 1 aromatic heterocycles. The van der Waals surface area contributed by atoms with Crippen molar-refractivity contribution in [3.8, 4) is 0 Å². The number of benzene rings is 2. The first-order valence-corrected chi connectivity index (χ1v) is 10.5. The largest absolute Gasteiger partial charge is 0.476 e. The fourth-order valence-electron chi connectivity index (χ4n) is 4.12. The lowest BCUT2D eigenvalue weighted by Gasteiger charge is -2.35. The number of hydrogen-bond donors (Lipinski definition) is 2. The third-order valence-corrected chi connectivity index (χ3v) is 5.87. The van der Waals surface area contributed by atoms with Crippen LogP contribution in [0.2, 0.25) is 0 Å². The molecule has 0 saturated carbocycles. The number of Topliss-reactive ketones (excluding diaryl/α,β-unsaturated/α-hetero) is 1. The number of carbonyl (C=O) groups is 3. The second-order valence-corrected chi connectivity index (χ2v) is 7.77. The first kappa shape index (κ1) is 21.5. The van der Waals surface area contributed by atoms with Gasteiger partial charge in [0.05, 0.1) is 5.52 Å². The van der Waals surface area contributed by atoms with Crippen molar-refractivity contribution in [1.82, 2.24) is 15.1 Å². The Hall–Kier alpha value is -3.75. The zero-order chi connectivity index (χ0) is 22.8. The topological polar surface area (TPSA) is 107 Å². The third-order valence-electron chi connectivity index (χ3n) is 5.87. The van der Waals surface area contributed by atoms with Crippen LogP contribution in [0.15, 0.2) is 42.5 Å². The molecule has 2 N–H and O–H groups in total. The number of likely N-dealkylation sites (tertiary alicyclic amines) is 1. The van der Waals surface area contributed by atoms with Gasteiger partial charge in [-0.25, -0.2) is 14.0 Å². The van der Waals surface area contributed by atoms with Crippen LogP contribution in [0.4, 0.5) is 14.9 Å². The summed E-state index contributed by atoms with van der Waals surface area (Å²) in [6.07, 6.45) is 1.03. The van der Waals surface area contributed by atoms with Crippen molar-refractivity contribution < 1.29 is 23.9 Å². The molecule has 2 aromatic carbocycles. The molecular formula is C23H23FN4O4. The molecular weight excluding hydrogens is 415 g/mol. The van der Waals surface area contributed by atoms with E-state index in [9.17, 15) is 23.9 Å². The van der Waals surface area contributed by atoms with Crippen LogP contribution >= 0.6 is 0 Å². The summed E-state index contributed by atoms with van der Waals surface area (Å²) in [6, 6.07) is 10.5. The monoisotopic (exact) mass is 438 g/mol. The molecule has 4 rings (SSSR count). The normalized spacial score (nSPS) is 14.5. The van der Waals surface area contributed by atoms with Crippen LogP contribution in [-0.2, 0) is 0 Å². The number of aromatic amines is 1. The van der Waals surface area contributed by atoms with Crippen LogP contribution in [0.5, 0.6) is 0 Å². The molecule has 0 radical (unpaired) electrons. The number of amides is 2. The maximum Gasteiger partial charge on any atom is 0.357 e. The van der Waals surface area contributed by atoms with Crippen LogP contribution in [0, 0.1) is 11.7 Å². The molecule has 1 fully saturated rings.